The smallest absolute Gasteiger partial charge is 0.0542 e. The maximum Gasteiger partial charge on any atom is 0.0542 e. The lowest BCUT2D eigenvalue weighted by atomic mass is 10.0. The molecule has 0 atom stereocenters. The van der Waals surface area contributed by atoms with E-state index in [-0.39, 0.29) is 0 Å². The van der Waals surface area contributed by atoms with Crippen molar-refractivity contribution in [2.45, 2.75) is 0 Å². The highest BCUT2D eigenvalue weighted by Gasteiger charge is 2.21. The lowest BCUT2D eigenvalue weighted by Gasteiger charge is -2.11. The summed E-state index contributed by atoms with van der Waals surface area (Å²) in [5.74, 6) is 0. The highest BCUT2D eigenvalue weighted by molar-refractivity contribution is 7.25. The summed E-state index contributed by atoms with van der Waals surface area (Å²) in [6.07, 6.45) is 0. The van der Waals surface area contributed by atoms with E-state index in [1.54, 1.807) is 0 Å². The molecule has 476 valence electrons. The van der Waals surface area contributed by atoms with Crippen molar-refractivity contribution < 1.29 is 0 Å². The van der Waals surface area contributed by atoms with E-state index in [0.29, 0.717) is 0 Å². The number of thiophene rings is 1. The first kappa shape index (κ1) is 57.8. The maximum absolute atomic E-state index is 2.43. The number of hydrogen-bond acceptors (Lipinski definition) is 1. The van der Waals surface area contributed by atoms with Gasteiger partial charge in [0.25, 0.3) is 0 Å². The fourth-order valence-electron chi connectivity index (χ4n) is 16.5. The number of nitrogens with zero attached hydrogens (tertiary/aromatic N) is 5. The van der Waals surface area contributed by atoms with E-state index >= 15 is 0 Å². The predicted octanol–water partition coefficient (Wildman–Crippen LogP) is 26.2. The molecule has 0 aliphatic rings. The molecule has 22 rings (SSSR count). The minimum atomic E-state index is 1.16. The molecular weight excluding hydrogens is 1260 g/mol. The van der Waals surface area contributed by atoms with Crippen molar-refractivity contribution in [1.29, 1.82) is 0 Å². The van der Waals surface area contributed by atoms with E-state index < -0.39 is 0 Å². The second-order valence-corrected chi connectivity index (χ2v) is 27.8. The van der Waals surface area contributed by atoms with E-state index in [1.165, 1.54) is 180 Å². The Morgan fingerprint density at radius 3 is 0.804 bits per heavy atom. The van der Waals surface area contributed by atoms with Crippen molar-refractivity contribution in [3.05, 3.63) is 370 Å². The fraction of sp³-hybridized carbons (Fsp3) is 0. The fourth-order valence-corrected chi connectivity index (χ4v) is 17.7. The minimum Gasteiger partial charge on any atom is -0.309 e. The van der Waals surface area contributed by atoms with Crippen molar-refractivity contribution in [1.82, 2.24) is 22.8 Å². The average Bonchev–Trinajstić information content (AvgIpc) is 1.58. The summed E-state index contributed by atoms with van der Waals surface area (Å²) in [6, 6.07) is 135. The molecule has 0 aliphatic heterocycles. The van der Waals surface area contributed by atoms with Crippen LogP contribution in [0.2, 0.25) is 0 Å². The molecule has 0 amide bonds. The van der Waals surface area contributed by atoms with Gasteiger partial charge in [-0.25, -0.2) is 0 Å². The van der Waals surface area contributed by atoms with E-state index in [1.807, 2.05) is 11.3 Å². The number of fused-ring (bicyclic) bond motifs is 18. The molecular formula is C96H61N5S. The number of benzene rings is 16. The Morgan fingerprint density at radius 2 is 0.392 bits per heavy atom. The van der Waals surface area contributed by atoms with Crippen LogP contribution in [0.25, 0.3) is 191 Å². The Morgan fingerprint density at radius 1 is 0.137 bits per heavy atom. The molecule has 0 saturated heterocycles. The lowest BCUT2D eigenvalue weighted by Crippen LogP contribution is -1.95. The van der Waals surface area contributed by atoms with Gasteiger partial charge in [0.1, 0.15) is 0 Å². The van der Waals surface area contributed by atoms with Gasteiger partial charge in [-0.2, -0.15) is 0 Å². The van der Waals surface area contributed by atoms with Crippen LogP contribution in [0.3, 0.4) is 0 Å². The van der Waals surface area contributed by atoms with Gasteiger partial charge in [0.05, 0.1) is 55.2 Å². The Bertz CT molecular complexity index is 7100. The average molecular weight is 1320 g/mol. The number of aromatic nitrogens is 5. The largest absolute Gasteiger partial charge is 0.309 e. The zero-order valence-corrected chi connectivity index (χ0v) is 56.2. The normalized spacial score (nSPS) is 11.9. The third kappa shape index (κ3) is 9.10. The molecule has 0 radical (unpaired) electrons. The van der Waals surface area contributed by atoms with Gasteiger partial charge in [0, 0.05) is 102 Å². The maximum atomic E-state index is 2.43. The number of para-hydroxylation sites is 7. The first-order valence-corrected chi connectivity index (χ1v) is 35.8. The van der Waals surface area contributed by atoms with Crippen molar-refractivity contribution >= 4 is 141 Å². The van der Waals surface area contributed by atoms with Crippen LogP contribution in [-0.2, 0) is 0 Å². The molecule has 0 N–H and O–H groups in total. The van der Waals surface area contributed by atoms with Crippen LogP contribution in [0.15, 0.2) is 370 Å². The minimum absolute atomic E-state index is 1.16. The summed E-state index contributed by atoms with van der Waals surface area (Å²) < 4.78 is 14.7. The molecule has 0 fully saturated rings. The van der Waals surface area contributed by atoms with Crippen LogP contribution in [0.4, 0.5) is 0 Å². The quantitative estimate of drug-likeness (QED) is 0.145. The second kappa shape index (κ2) is 23.2. The van der Waals surface area contributed by atoms with E-state index in [9.17, 15) is 0 Å². The van der Waals surface area contributed by atoms with Crippen LogP contribution in [0, 0.1) is 0 Å². The Labute approximate surface area is 591 Å². The first-order valence-electron chi connectivity index (χ1n) is 35.0. The zero-order chi connectivity index (χ0) is 66.9. The molecule has 0 aliphatic carbocycles. The van der Waals surface area contributed by atoms with Gasteiger partial charge >= 0.3 is 0 Å². The van der Waals surface area contributed by atoms with Crippen molar-refractivity contribution in [2.75, 3.05) is 0 Å². The van der Waals surface area contributed by atoms with Crippen LogP contribution >= 0.6 is 11.3 Å². The lowest BCUT2D eigenvalue weighted by molar-refractivity contribution is 1.17. The highest BCUT2D eigenvalue weighted by atomic mass is 32.1. The Kier molecular flexibility index (Phi) is 13.1. The number of hydrogen-bond donors (Lipinski definition) is 0. The molecule has 102 heavy (non-hydrogen) atoms. The molecule has 6 aromatic heterocycles. The summed E-state index contributed by atoms with van der Waals surface area (Å²) in [4.78, 5) is 0. The van der Waals surface area contributed by atoms with Gasteiger partial charge in [-0.15, -0.1) is 11.3 Å². The van der Waals surface area contributed by atoms with Gasteiger partial charge < -0.3 is 22.8 Å². The Balaban J connectivity index is 0.000000133. The summed E-state index contributed by atoms with van der Waals surface area (Å²) in [6.45, 7) is 0. The summed E-state index contributed by atoms with van der Waals surface area (Å²) in [5, 5.41) is 15.2. The summed E-state index contributed by atoms with van der Waals surface area (Å²) in [5.41, 5.74) is 25.3. The molecule has 22 aromatic rings. The molecule has 0 saturated carbocycles. The van der Waals surface area contributed by atoms with Crippen LogP contribution in [0.5, 0.6) is 0 Å². The van der Waals surface area contributed by atoms with Gasteiger partial charge in [-0.1, -0.05) is 218 Å². The van der Waals surface area contributed by atoms with Crippen molar-refractivity contribution in [3.63, 3.8) is 0 Å². The SMILES string of the molecule is c1ccc(-c2ccc(-n3c4ccccc4c4cc(-c5ccc6c(c5)c5ccccc5n6-c5ccc6c(c5)sc5ccccc56)ccc43)cc2)cc1.c1ccc(-n2c3ccccc3c3cc(-c4ccc5c(c4)c4ccccc4n5-c4ccc5c(c4)c4ccccc4n5-c4ccccc4)ccc32)cc1. The van der Waals surface area contributed by atoms with Crippen molar-refractivity contribution in [2.24, 2.45) is 0 Å². The summed E-state index contributed by atoms with van der Waals surface area (Å²) in [7, 11) is 0. The van der Waals surface area contributed by atoms with E-state index in [4.69, 9.17) is 0 Å². The van der Waals surface area contributed by atoms with E-state index in [0.717, 1.165) is 11.4 Å². The molecule has 0 spiro atoms. The first-order chi connectivity index (χ1) is 50.6. The molecule has 16 aromatic carbocycles. The second-order valence-electron chi connectivity index (χ2n) is 26.8. The molecule has 0 unspecified atom stereocenters. The highest BCUT2D eigenvalue weighted by Crippen LogP contribution is 2.44. The zero-order valence-electron chi connectivity index (χ0n) is 55.4. The summed E-state index contributed by atoms with van der Waals surface area (Å²) >= 11 is 1.87. The van der Waals surface area contributed by atoms with Gasteiger partial charge in [0.15, 0.2) is 0 Å². The Hall–Kier alpha value is -13.3. The molecule has 6 heterocycles. The van der Waals surface area contributed by atoms with Gasteiger partial charge in [-0.3, -0.25) is 0 Å². The third-order valence-electron chi connectivity index (χ3n) is 21.2. The van der Waals surface area contributed by atoms with Gasteiger partial charge in [-0.05, 0) is 185 Å². The van der Waals surface area contributed by atoms with E-state index in [2.05, 4.69) is 393 Å². The molecule has 6 heteroatoms. The van der Waals surface area contributed by atoms with Crippen molar-refractivity contribution in [3.8, 4) is 61.8 Å². The molecule has 0 bridgehead atoms. The topological polar surface area (TPSA) is 24.6 Å². The van der Waals surface area contributed by atoms with Gasteiger partial charge in [0.2, 0.25) is 0 Å². The standard InChI is InChI=1S/C48H31N3.C48H30N2S/c1-3-13-34(14-4-1)49-43-20-10-7-17-37(43)40-29-32(23-26-46(40)49)33-24-27-47-41(30-33)38-18-8-12-22-45(38)51(47)36-25-28-48-42(31-36)39-19-9-11-21-44(39)50(48)35-15-5-2-6-16-35;1-2-10-31(11-3-1)32-18-22-35(23-19-32)49-43-15-7-4-12-37(43)41-28-33(20-26-45(41)49)34-21-27-46-42(29-34)38-13-5-8-16-44(38)50(46)36-24-25-40-39-14-6-9-17-47(39)51-48(40)30-36/h1-31H;1-30H. The third-order valence-corrected chi connectivity index (χ3v) is 22.3. The van der Waals surface area contributed by atoms with Crippen LogP contribution in [-0.4, -0.2) is 22.8 Å². The molecule has 5 nitrogen and oxygen atoms in total. The predicted molar refractivity (Wildman–Crippen MR) is 434 cm³/mol. The monoisotopic (exact) mass is 1320 g/mol. The number of rotatable bonds is 8. The van der Waals surface area contributed by atoms with Crippen LogP contribution in [0.1, 0.15) is 0 Å². The van der Waals surface area contributed by atoms with Crippen LogP contribution < -0.4 is 0 Å².